The van der Waals surface area contributed by atoms with Crippen LogP contribution in [0.4, 0.5) is 0 Å². The fourth-order valence-electron chi connectivity index (χ4n) is 5.12. The molecule has 0 spiro atoms. The van der Waals surface area contributed by atoms with Crippen LogP contribution in [0, 0.1) is 0 Å². The van der Waals surface area contributed by atoms with Crippen molar-refractivity contribution in [1.82, 2.24) is 19.9 Å². The van der Waals surface area contributed by atoms with Gasteiger partial charge in [-0.2, -0.15) is 0 Å². The summed E-state index contributed by atoms with van der Waals surface area (Å²) >= 11 is 0. The van der Waals surface area contributed by atoms with Gasteiger partial charge >= 0.3 is 0 Å². The van der Waals surface area contributed by atoms with Gasteiger partial charge in [0.15, 0.2) is 0 Å². The van der Waals surface area contributed by atoms with E-state index in [4.69, 9.17) is 14.7 Å². The molecule has 2 aromatic carbocycles. The number of aromatic amines is 1. The predicted octanol–water partition coefficient (Wildman–Crippen LogP) is 5.55. The van der Waals surface area contributed by atoms with E-state index in [1.54, 1.807) is 0 Å². The number of aromatic nitrogens is 3. The highest BCUT2D eigenvalue weighted by Crippen LogP contribution is 2.37. The maximum atomic E-state index is 6.02. The summed E-state index contributed by atoms with van der Waals surface area (Å²) in [5.74, 6) is 2.08. The number of fused-ring (bicyclic) bond motifs is 3. The lowest BCUT2D eigenvalue weighted by atomic mass is 9.90. The quantitative estimate of drug-likeness (QED) is 0.398. The molecular formula is C26H27BrN4O. The zero-order valence-corrected chi connectivity index (χ0v) is 19.7. The molecule has 0 radical (unpaired) electrons. The third kappa shape index (κ3) is 3.93. The summed E-state index contributed by atoms with van der Waals surface area (Å²) in [5.41, 5.74) is 7.28. The van der Waals surface area contributed by atoms with Gasteiger partial charge in [-0.25, -0.2) is 4.98 Å². The molecule has 1 unspecified atom stereocenters. The zero-order valence-electron chi connectivity index (χ0n) is 18.0. The van der Waals surface area contributed by atoms with Crippen molar-refractivity contribution in [1.29, 1.82) is 0 Å². The van der Waals surface area contributed by atoms with Gasteiger partial charge < -0.3 is 9.72 Å². The van der Waals surface area contributed by atoms with Crippen LogP contribution < -0.4 is 4.74 Å². The number of imidazole rings is 1. The van der Waals surface area contributed by atoms with Crippen LogP contribution in [0.5, 0.6) is 5.75 Å². The first-order valence-electron chi connectivity index (χ1n) is 11.2. The van der Waals surface area contributed by atoms with E-state index < -0.39 is 0 Å². The number of rotatable bonds is 5. The molecule has 0 saturated carbocycles. The fourth-order valence-corrected chi connectivity index (χ4v) is 5.12. The van der Waals surface area contributed by atoms with E-state index in [1.165, 1.54) is 28.8 Å². The van der Waals surface area contributed by atoms with E-state index in [0.717, 1.165) is 61.6 Å². The van der Waals surface area contributed by atoms with Gasteiger partial charge in [0.1, 0.15) is 11.6 Å². The molecular weight excluding hydrogens is 464 g/mol. The molecule has 1 N–H and O–H groups in total. The van der Waals surface area contributed by atoms with Gasteiger partial charge in [-0.05, 0) is 48.6 Å². The zero-order chi connectivity index (χ0) is 20.6. The Morgan fingerprint density at radius 1 is 0.969 bits per heavy atom. The second-order valence-corrected chi connectivity index (χ2v) is 8.57. The number of hydrogen-bond donors (Lipinski definition) is 1. The van der Waals surface area contributed by atoms with E-state index in [1.807, 2.05) is 18.3 Å². The van der Waals surface area contributed by atoms with Crippen molar-refractivity contribution in [2.45, 2.75) is 44.8 Å². The maximum absolute atomic E-state index is 6.02. The Morgan fingerprint density at radius 2 is 1.88 bits per heavy atom. The van der Waals surface area contributed by atoms with E-state index in [2.05, 4.69) is 52.3 Å². The normalized spacial score (nSPS) is 17.0. The third-order valence-electron chi connectivity index (χ3n) is 6.57. The molecule has 1 aliphatic heterocycles. The van der Waals surface area contributed by atoms with Gasteiger partial charge in [-0.1, -0.05) is 36.4 Å². The molecule has 0 amide bonds. The lowest BCUT2D eigenvalue weighted by molar-refractivity contribution is 0.152. The first-order chi connectivity index (χ1) is 15.3. The van der Waals surface area contributed by atoms with Crippen LogP contribution in [-0.4, -0.2) is 26.5 Å². The number of aryl methyl sites for hydroxylation is 1. The predicted molar refractivity (Wildman–Crippen MR) is 131 cm³/mol. The number of nitrogens with zero attached hydrogens (tertiary/aromatic N) is 3. The Balaban J connectivity index is 0.00000216. The lowest BCUT2D eigenvalue weighted by Gasteiger charge is -2.35. The number of pyridine rings is 1. The molecule has 32 heavy (non-hydrogen) atoms. The van der Waals surface area contributed by atoms with Gasteiger partial charge in [0, 0.05) is 24.7 Å². The Kier molecular flexibility index (Phi) is 5.98. The number of halogens is 1. The topological polar surface area (TPSA) is 54.0 Å². The van der Waals surface area contributed by atoms with Crippen LogP contribution in [0.3, 0.4) is 0 Å². The Bertz CT molecular complexity index is 1200. The van der Waals surface area contributed by atoms with E-state index >= 15 is 0 Å². The van der Waals surface area contributed by atoms with E-state index in [9.17, 15) is 0 Å². The van der Waals surface area contributed by atoms with Gasteiger partial charge in [-0.3, -0.25) is 9.88 Å². The number of benzene rings is 2. The van der Waals surface area contributed by atoms with Crippen LogP contribution in [0.1, 0.15) is 47.1 Å². The molecule has 0 saturated heterocycles. The minimum Gasteiger partial charge on any atom is -0.493 e. The average molecular weight is 491 g/mol. The van der Waals surface area contributed by atoms with Crippen molar-refractivity contribution in [3.05, 3.63) is 89.0 Å². The molecule has 6 heteroatoms. The minimum atomic E-state index is 0. The molecule has 5 nitrogen and oxygen atoms in total. The van der Waals surface area contributed by atoms with Crippen molar-refractivity contribution in [2.75, 3.05) is 6.61 Å². The summed E-state index contributed by atoms with van der Waals surface area (Å²) in [6.45, 7) is 2.35. The number of H-pyrrole nitrogens is 1. The summed E-state index contributed by atoms with van der Waals surface area (Å²) in [4.78, 5) is 15.7. The van der Waals surface area contributed by atoms with Crippen LogP contribution >= 0.6 is 17.0 Å². The molecule has 2 aliphatic rings. The standard InChI is InChI=1S/C26H26N4O.BrH/c1-2-11-22-21(10-1)28-24(29-22)17-30(16-20-8-3-7-19-13-15-31-26(19)20)23-12-4-6-18-9-5-14-27-25(18)23;/h1-3,5,7-11,14,23H,4,6,12-13,15-17H2,(H,28,29);1H. The molecule has 0 bridgehead atoms. The van der Waals surface area contributed by atoms with Crippen molar-refractivity contribution in [3.63, 3.8) is 0 Å². The van der Waals surface area contributed by atoms with Crippen LogP contribution in [0.25, 0.3) is 11.0 Å². The highest BCUT2D eigenvalue weighted by atomic mass is 79.9. The number of nitrogens with one attached hydrogen (secondary N) is 1. The summed E-state index contributed by atoms with van der Waals surface area (Å²) in [6, 6.07) is 19.4. The van der Waals surface area contributed by atoms with Crippen LogP contribution in [0.15, 0.2) is 60.8 Å². The Hall–Kier alpha value is -2.70. The highest BCUT2D eigenvalue weighted by Gasteiger charge is 2.29. The number of para-hydroxylation sites is 3. The molecule has 6 rings (SSSR count). The molecule has 1 aliphatic carbocycles. The van der Waals surface area contributed by atoms with E-state index in [-0.39, 0.29) is 23.0 Å². The van der Waals surface area contributed by atoms with Crippen molar-refractivity contribution in [3.8, 4) is 5.75 Å². The van der Waals surface area contributed by atoms with Gasteiger partial charge in [0.05, 0.1) is 35.9 Å². The first kappa shape index (κ1) is 21.2. The fraction of sp³-hybridized carbons (Fsp3) is 0.308. The van der Waals surface area contributed by atoms with E-state index in [0.29, 0.717) is 0 Å². The summed E-state index contributed by atoms with van der Waals surface area (Å²) in [5, 5.41) is 0. The largest absolute Gasteiger partial charge is 0.493 e. The SMILES string of the molecule is Br.c1cnc2c(c1)CCCC2N(Cc1nc2ccccc2[nH]1)Cc1cccc2c1OCC2. The van der Waals surface area contributed by atoms with Crippen molar-refractivity contribution >= 4 is 28.0 Å². The maximum Gasteiger partial charge on any atom is 0.127 e. The molecule has 0 fully saturated rings. The Labute approximate surface area is 198 Å². The third-order valence-corrected chi connectivity index (χ3v) is 6.57. The van der Waals surface area contributed by atoms with Gasteiger partial charge in [-0.15, -0.1) is 17.0 Å². The monoisotopic (exact) mass is 490 g/mol. The minimum absolute atomic E-state index is 0. The summed E-state index contributed by atoms with van der Waals surface area (Å²) < 4.78 is 6.02. The summed E-state index contributed by atoms with van der Waals surface area (Å²) in [7, 11) is 0. The average Bonchev–Trinajstić information content (AvgIpc) is 3.45. The smallest absolute Gasteiger partial charge is 0.127 e. The molecule has 164 valence electrons. The number of ether oxygens (including phenoxy) is 1. The second kappa shape index (κ2) is 9.04. The second-order valence-electron chi connectivity index (χ2n) is 8.57. The van der Waals surface area contributed by atoms with Crippen LogP contribution in [0.2, 0.25) is 0 Å². The molecule has 3 heterocycles. The number of hydrogen-bond acceptors (Lipinski definition) is 4. The lowest BCUT2D eigenvalue weighted by Crippen LogP contribution is -2.32. The van der Waals surface area contributed by atoms with Gasteiger partial charge in [0.2, 0.25) is 0 Å². The molecule has 4 aromatic rings. The summed E-state index contributed by atoms with van der Waals surface area (Å²) in [6.07, 6.45) is 6.34. The van der Waals surface area contributed by atoms with Crippen molar-refractivity contribution in [2.24, 2.45) is 0 Å². The van der Waals surface area contributed by atoms with Crippen molar-refractivity contribution < 1.29 is 4.74 Å². The van der Waals surface area contributed by atoms with Crippen LogP contribution in [-0.2, 0) is 25.9 Å². The van der Waals surface area contributed by atoms with Gasteiger partial charge in [0.25, 0.3) is 0 Å². The molecule has 1 atom stereocenters. The molecule has 2 aromatic heterocycles. The Morgan fingerprint density at radius 3 is 2.81 bits per heavy atom. The highest BCUT2D eigenvalue weighted by molar-refractivity contribution is 8.93. The first-order valence-corrected chi connectivity index (χ1v) is 11.2.